The zero-order chi connectivity index (χ0) is 25.4. The molecule has 0 radical (unpaired) electrons. The lowest BCUT2D eigenvalue weighted by Gasteiger charge is -2.10. The molecule has 0 aliphatic rings. The highest BCUT2D eigenvalue weighted by atomic mass is 32.2. The van der Waals surface area contributed by atoms with Gasteiger partial charge in [-0.3, -0.25) is 24.4 Å². The van der Waals surface area contributed by atoms with Crippen molar-refractivity contribution in [3.8, 4) is 0 Å². The van der Waals surface area contributed by atoms with Gasteiger partial charge < -0.3 is 10.6 Å². The van der Waals surface area contributed by atoms with Crippen LogP contribution in [-0.2, 0) is 21.4 Å². The van der Waals surface area contributed by atoms with Crippen molar-refractivity contribution in [3.05, 3.63) is 99.6 Å². The van der Waals surface area contributed by atoms with E-state index in [4.69, 9.17) is 0 Å². The fraction of sp³-hybridized carbons (Fsp3) is 0.167. The number of carbonyl (C=O) groups excluding carboxylic acids is 2. The average molecular weight is 497 g/mol. The Morgan fingerprint density at radius 1 is 0.943 bits per heavy atom. The molecule has 0 aromatic heterocycles. The van der Waals surface area contributed by atoms with Crippen LogP contribution in [0.4, 0.5) is 11.4 Å². The van der Waals surface area contributed by atoms with E-state index in [1.807, 2.05) is 30.3 Å². The molecule has 0 bridgehead atoms. The number of nitrogens with zero attached hydrogens (tertiary/aromatic N) is 1. The third-order valence-electron chi connectivity index (χ3n) is 5.06. The molecule has 11 heteroatoms. The van der Waals surface area contributed by atoms with E-state index in [1.54, 1.807) is 0 Å². The summed E-state index contributed by atoms with van der Waals surface area (Å²) < 4.78 is 27.5. The molecule has 0 saturated heterocycles. The van der Waals surface area contributed by atoms with Crippen LogP contribution in [-0.4, -0.2) is 31.7 Å². The summed E-state index contributed by atoms with van der Waals surface area (Å²) in [5.74, 6) is -0.611. The molecule has 2 amide bonds. The number of aryl methyl sites for hydroxylation is 1. The number of carbonyl (C=O) groups is 2. The van der Waals surface area contributed by atoms with Gasteiger partial charge in [-0.05, 0) is 42.8 Å². The fourth-order valence-corrected chi connectivity index (χ4v) is 4.21. The van der Waals surface area contributed by atoms with Gasteiger partial charge in [0.15, 0.2) is 0 Å². The Labute approximate surface area is 202 Å². The van der Waals surface area contributed by atoms with Gasteiger partial charge in [0.1, 0.15) is 0 Å². The molecular weight excluding hydrogens is 472 g/mol. The highest BCUT2D eigenvalue weighted by molar-refractivity contribution is 7.92. The first-order valence-corrected chi connectivity index (χ1v) is 12.1. The maximum absolute atomic E-state index is 12.6. The molecular formula is C24H24N4O6S. The Hall–Kier alpha value is -4.25. The van der Waals surface area contributed by atoms with Gasteiger partial charge in [0, 0.05) is 42.4 Å². The number of nitro groups is 1. The van der Waals surface area contributed by atoms with Crippen LogP contribution in [0.2, 0.25) is 0 Å². The van der Waals surface area contributed by atoms with E-state index >= 15 is 0 Å². The molecule has 0 fully saturated rings. The first-order valence-electron chi connectivity index (χ1n) is 10.6. The van der Waals surface area contributed by atoms with Crippen molar-refractivity contribution in [1.29, 1.82) is 0 Å². The van der Waals surface area contributed by atoms with E-state index in [9.17, 15) is 28.1 Å². The van der Waals surface area contributed by atoms with Crippen LogP contribution >= 0.6 is 0 Å². The highest BCUT2D eigenvalue weighted by Crippen LogP contribution is 2.24. The van der Waals surface area contributed by atoms with E-state index < -0.39 is 20.9 Å². The van der Waals surface area contributed by atoms with Gasteiger partial charge in [-0.25, -0.2) is 8.42 Å². The van der Waals surface area contributed by atoms with Crippen molar-refractivity contribution in [2.75, 3.05) is 11.3 Å². The lowest BCUT2D eigenvalue weighted by molar-refractivity contribution is -0.385. The molecule has 10 nitrogen and oxygen atoms in total. The monoisotopic (exact) mass is 496 g/mol. The highest BCUT2D eigenvalue weighted by Gasteiger charge is 2.20. The predicted octanol–water partition coefficient (Wildman–Crippen LogP) is 3.14. The SMILES string of the molecule is Cc1ccc(S(=O)(=O)Nc2ccc(C(=O)NCCC(=O)NCc3ccccc3)cc2)cc1[N+](=O)[O-]. The molecule has 3 N–H and O–H groups in total. The zero-order valence-corrected chi connectivity index (χ0v) is 19.7. The third kappa shape index (κ3) is 7.11. The van der Waals surface area contributed by atoms with Gasteiger partial charge in [-0.15, -0.1) is 0 Å². The molecule has 0 unspecified atom stereocenters. The molecule has 3 rings (SSSR count). The number of hydrogen-bond acceptors (Lipinski definition) is 6. The fourth-order valence-electron chi connectivity index (χ4n) is 3.13. The van der Waals surface area contributed by atoms with Crippen LogP contribution in [0.25, 0.3) is 0 Å². The van der Waals surface area contributed by atoms with Gasteiger partial charge in [0.2, 0.25) is 5.91 Å². The van der Waals surface area contributed by atoms with Crippen molar-refractivity contribution < 1.29 is 22.9 Å². The van der Waals surface area contributed by atoms with E-state index in [-0.39, 0.29) is 40.7 Å². The predicted molar refractivity (Wildman–Crippen MR) is 130 cm³/mol. The van der Waals surface area contributed by atoms with E-state index in [1.165, 1.54) is 43.3 Å². The maximum Gasteiger partial charge on any atom is 0.273 e. The minimum Gasteiger partial charge on any atom is -0.352 e. The van der Waals surface area contributed by atoms with Gasteiger partial charge in [0.25, 0.3) is 21.6 Å². The Morgan fingerprint density at radius 3 is 2.29 bits per heavy atom. The van der Waals surface area contributed by atoms with E-state index in [2.05, 4.69) is 15.4 Å². The largest absolute Gasteiger partial charge is 0.352 e. The number of nitro benzene ring substituents is 1. The summed E-state index contributed by atoms with van der Waals surface area (Å²) in [7, 11) is -4.07. The quantitative estimate of drug-likeness (QED) is 0.290. The van der Waals surface area contributed by atoms with Crippen LogP contribution in [0, 0.1) is 17.0 Å². The molecule has 35 heavy (non-hydrogen) atoms. The first-order chi connectivity index (χ1) is 16.7. The summed E-state index contributed by atoms with van der Waals surface area (Å²) in [5.41, 5.74) is 1.49. The van der Waals surface area contributed by atoms with E-state index in [0.717, 1.165) is 11.6 Å². The Morgan fingerprint density at radius 2 is 1.63 bits per heavy atom. The average Bonchev–Trinajstić information content (AvgIpc) is 2.83. The number of rotatable bonds is 10. The van der Waals surface area contributed by atoms with E-state index in [0.29, 0.717) is 12.1 Å². The lowest BCUT2D eigenvalue weighted by atomic mass is 10.2. The Kier molecular flexibility index (Phi) is 8.16. The number of nitrogens with one attached hydrogen (secondary N) is 3. The van der Waals surface area contributed by atoms with Crippen LogP contribution in [0.5, 0.6) is 0 Å². The molecule has 0 atom stereocenters. The number of amides is 2. The second-order valence-corrected chi connectivity index (χ2v) is 9.34. The minimum absolute atomic E-state index is 0.110. The number of anilines is 1. The van der Waals surface area contributed by atoms with Crippen LogP contribution in [0.15, 0.2) is 77.7 Å². The van der Waals surface area contributed by atoms with Gasteiger partial charge in [0.05, 0.1) is 9.82 Å². The molecule has 0 aliphatic carbocycles. The summed E-state index contributed by atoms with van der Waals surface area (Å²) in [4.78, 5) is 34.5. The van der Waals surface area contributed by atoms with Crippen molar-refractivity contribution in [1.82, 2.24) is 10.6 Å². The third-order valence-corrected chi connectivity index (χ3v) is 6.44. The van der Waals surface area contributed by atoms with Crippen molar-refractivity contribution >= 4 is 33.2 Å². The Balaban J connectivity index is 1.52. The van der Waals surface area contributed by atoms with Gasteiger partial charge >= 0.3 is 0 Å². The second-order valence-electron chi connectivity index (χ2n) is 7.66. The normalized spacial score (nSPS) is 10.9. The summed E-state index contributed by atoms with van der Waals surface area (Å²) in [6.45, 7) is 2.06. The smallest absolute Gasteiger partial charge is 0.273 e. The Bertz CT molecular complexity index is 1330. The lowest BCUT2D eigenvalue weighted by Crippen LogP contribution is -2.30. The van der Waals surface area contributed by atoms with Crippen molar-refractivity contribution in [2.45, 2.75) is 24.8 Å². The molecule has 0 heterocycles. The van der Waals surface area contributed by atoms with Crippen LogP contribution in [0.3, 0.4) is 0 Å². The molecule has 3 aromatic rings. The molecule has 3 aromatic carbocycles. The van der Waals surface area contributed by atoms with Crippen LogP contribution < -0.4 is 15.4 Å². The summed E-state index contributed by atoms with van der Waals surface area (Å²) >= 11 is 0. The molecule has 182 valence electrons. The topological polar surface area (TPSA) is 148 Å². The number of benzene rings is 3. The molecule has 0 spiro atoms. The number of sulfonamides is 1. The standard InChI is InChI=1S/C24H24N4O6S/c1-17-7-12-21(15-22(17)28(31)32)35(33,34)27-20-10-8-19(9-11-20)24(30)25-14-13-23(29)26-16-18-5-3-2-4-6-18/h2-12,15,27H,13-14,16H2,1H3,(H,25,30)(H,26,29). The number of hydrogen-bond donors (Lipinski definition) is 3. The summed E-state index contributed by atoms with van der Waals surface area (Å²) in [5, 5.41) is 16.5. The zero-order valence-electron chi connectivity index (χ0n) is 18.9. The minimum atomic E-state index is -4.07. The van der Waals surface area contributed by atoms with Gasteiger partial charge in [-0.1, -0.05) is 36.4 Å². The summed E-state index contributed by atoms with van der Waals surface area (Å²) in [6.07, 6.45) is 0.110. The molecule has 0 aliphatic heterocycles. The van der Waals surface area contributed by atoms with Crippen LogP contribution in [0.1, 0.15) is 27.9 Å². The van der Waals surface area contributed by atoms with Crippen molar-refractivity contribution in [2.24, 2.45) is 0 Å². The molecule has 0 saturated carbocycles. The first kappa shape index (κ1) is 25.4. The second kappa shape index (κ2) is 11.3. The van der Waals surface area contributed by atoms with Gasteiger partial charge in [-0.2, -0.15) is 0 Å². The maximum atomic E-state index is 12.6. The summed E-state index contributed by atoms with van der Waals surface area (Å²) in [6, 6.07) is 18.8. The van der Waals surface area contributed by atoms with Crippen molar-refractivity contribution in [3.63, 3.8) is 0 Å².